The van der Waals surface area contributed by atoms with Crippen molar-refractivity contribution in [2.75, 3.05) is 6.61 Å². The lowest BCUT2D eigenvalue weighted by molar-refractivity contribution is -0.149. The summed E-state index contributed by atoms with van der Waals surface area (Å²) in [6.45, 7) is 21.1. The molecule has 0 saturated carbocycles. The Labute approximate surface area is 107 Å². The predicted molar refractivity (Wildman–Crippen MR) is 74.4 cm³/mol. The molecule has 2 nitrogen and oxygen atoms in total. The van der Waals surface area contributed by atoms with Gasteiger partial charge in [-0.25, -0.2) is 0 Å². The summed E-state index contributed by atoms with van der Waals surface area (Å²) in [6, 6.07) is 0. The van der Waals surface area contributed by atoms with Crippen molar-refractivity contribution in [3.63, 3.8) is 0 Å². The smallest absolute Gasteiger partial charge is 0.0678 e. The molecule has 0 aliphatic heterocycles. The molecule has 0 aromatic heterocycles. The quantitative estimate of drug-likeness (QED) is 0.645. The van der Waals surface area contributed by atoms with Crippen molar-refractivity contribution < 1.29 is 9.47 Å². The highest BCUT2D eigenvalue weighted by atomic mass is 16.5. The molecule has 0 saturated heterocycles. The van der Waals surface area contributed by atoms with Gasteiger partial charge in [-0.15, -0.1) is 0 Å². The fourth-order valence-electron chi connectivity index (χ4n) is 2.26. The molecule has 0 N–H and O–H groups in total. The zero-order chi connectivity index (χ0) is 13.9. The van der Waals surface area contributed by atoms with E-state index in [1.165, 1.54) is 0 Å². The number of rotatable bonds is 6. The molecule has 0 bridgehead atoms. The molecule has 0 radical (unpaired) electrons. The summed E-state index contributed by atoms with van der Waals surface area (Å²) >= 11 is 0. The van der Waals surface area contributed by atoms with Crippen molar-refractivity contribution in [3.05, 3.63) is 12.2 Å². The van der Waals surface area contributed by atoms with Crippen LogP contribution in [-0.2, 0) is 9.47 Å². The summed E-state index contributed by atoms with van der Waals surface area (Å²) < 4.78 is 11.9. The molecule has 0 aliphatic rings. The van der Waals surface area contributed by atoms with Gasteiger partial charge in [0.25, 0.3) is 0 Å². The standard InChI is InChI=1S/C15H30O2/c1-12(2)10-16-14(6,7)11-15(8,9)17-13(3,4)5/h1,10-11H2,2-9H3. The van der Waals surface area contributed by atoms with E-state index < -0.39 is 0 Å². The van der Waals surface area contributed by atoms with E-state index in [1.807, 2.05) is 6.92 Å². The average molecular weight is 242 g/mol. The Morgan fingerprint density at radius 3 is 1.76 bits per heavy atom. The lowest BCUT2D eigenvalue weighted by atomic mass is 9.91. The molecule has 0 amide bonds. The van der Waals surface area contributed by atoms with E-state index in [2.05, 4.69) is 55.0 Å². The molecule has 0 spiro atoms. The fourth-order valence-corrected chi connectivity index (χ4v) is 2.26. The highest BCUT2D eigenvalue weighted by molar-refractivity contribution is 4.90. The van der Waals surface area contributed by atoms with Gasteiger partial charge in [-0.3, -0.25) is 0 Å². The maximum atomic E-state index is 6.07. The molecule has 102 valence electrons. The Morgan fingerprint density at radius 2 is 1.41 bits per heavy atom. The molecule has 0 aromatic rings. The van der Waals surface area contributed by atoms with E-state index in [0.29, 0.717) is 6.61 Å². The number of hydrogen-bond acceptors (Lipinski definition) is 2. The van der Waals surface area contributed by atoms with Crippen molar-refractivity contribution in [2.24, 2.45) is 0 Å². The van der Waals surface area contributed by atoms with E-state index in [4.69, 9.17) is 9.47 Å². The molecule has 0 fully saturated rings. The van der Waals surface area contributed by atoms with Crippen molar-refractivity contribution in [1.82, 2.24) is 0 Å². The number of ether oxygens (including phenoxy) is 2. The van der Waals surface area contributed by atoms with E-state index in [-0.39, 0.29) is 16.8 Å². The third-order valence-electron chi connectivity index (χ3n) is 2.14. The Bertz CT molecular complexity index is 257. The minimum absolute atomic E-state index is 0.131. The number of hydrogen-bond donors (Lipinski definition) is 0. The lowest BCUT2D eigenvalue weighted by Gasteiger charge is -2.39. The summed E-state index contributed by atoms with van der Waals surface area (Å²) in [5.41, 5.74) is 0.519. The molecule has 2 heteroatoms. The van der Waals surface area contributed by atoms with Gasteiger partial charge in [0.05, 0.1) is 23.4 Å². The second kappa shape index (κ2) is 5.53. The van der Waals surface area contributed by atoms with Crippen molar-refractivity contribution in [1.29, 1.82) is 0 Å². The fraction of sp³-hybridized carbons (Fsp3) is 0.867. The molecule has 0 aliphatic carbocycles. The van der Waals surface area contributed by atoms with Crippen molar-refractivity contribution >= 4 is 0 Å². The first-order chi connectivity index (χ1) is 7.33. The van der Waals surface area contributed by atoms with Gasteiger partial charge in [0, 0.05) is 6.42 Å². The zero-order valence-corrected chi connectivity index (χ0v) is 12.9. The van der Waals surface area contributed by atoms with Gasteiger partial charge in [-0.05, 0) is 55.4 Å². The third-order valence-corrected chi connectivity index (χ3v) is 2.14. The Morgan fingerprint density at radius 1 is 0.941 bits per heavy atom. The van der Waals surface area contributed by atoms with Crippen LogP contribution in [0.15, 0.2) is 12.2 Å². The monoisotopic (exact) mass is 242 g/mol. The maximum Gasteiger partial charge on any atom is 0.0678 e. The molecule has 0 aromatic carbocycles. The van der Waals surface area contributed by atoms with Gasteiger partial charge in [-0.1, -0.05) is 12.2 Å². The molecule has 0 atom stereocenters. The summed E-state index contributed by atoms with van der Waals surface area (Å²) in [7, 11) is 0. The van der Waals surface area contributed by atoms with Crippen LogP contribution in [-0.4, -0.2) is 23.4 Å². The van der Waals surface area contributed by atoms with Crippen LogP contribution in [0.3, 0.4) is 0 Å². The van der Waals surface area contributed by atoms with E-state index >= 15 is 0 Å². The van der Waals surface area contributed by atoms with Crippen LogP contribution < -0.4 is 0 Å². The largest absolute Gasteiger partial charge is 0.371 e. The molecule has 0 rings (SSSR count). The van der Waals surface area contributed by atoms with Gasteiger partial charge < -0.3 is 9.47 Å². The zero-order valence-electron chi connectivity index (χ0n) is 12.9. The second-order valence-electron chi connectivity index (χ2n) is 7.16. The van der Waals surface area contributed by atoms with E-state index in [0.717, 1.165) is 12.0 Å². The van der Waals surface area contributed by atoms with E-state index in [1.54, 1.807) is 0 Å². The van der Waals surface area contributed by atoms with Gasteiger partial charge in [-0.2, -0.15) is 0 Å². The van der Waals surface area contributed by atoms with Crippen LogP contribution in [0.1, 0.15) is 61.8 Å². The van der Waals surface area contributed by atoms with E-state index in [9.17, 15) is 0 Å². The lowest BCUT2D eigenvalue weighted by Crippen LogP contribution is -2.42. The second-order valence-corrected chi connectivity index (χ2v) is 7.16. The summed E-state index contributed by atoms with van der Waals surface area (Å²) in [6.07, 6.45) is 0.852. The first kappa shape index (κ1) is 16.7. The average Bonchev–Trinajstić information content (AvgIpc) is 1.93. The molecule has 0 heterocycles. The molecular formula is C15H30O2. The highest BCUT2D eigenvalue weighted by Gasteiger charge is 2.33. The van der Waals surface area contributed by atoms with Crippen LogP contribution in [0.2, 0.25) is 0 Å². The summed E-state index contributed by atoms with van der Waals surface area (Å²) in [5, 5.41) is 0. The maximum absolute atomic E-state index is 6.07. The molecule has 17 heavy (non-hydrogen) atoms. The highest BCUT2D eigenvalue weighted by Crippen LogP contribution is 2.30. The molecule has 0 unspecified atom stereocenters. The van der Waals surface area contributed by atoms with Gasteiger partial charge in [0.15, 0.2) is 0 Å². The minimum atomic E-state index is -0.201. The Kier molecular flexibility index (Phi) is 5.42. The van der Waals surface area contributed by atoms with Crippen LogP contribution in [0.5, 0.6) is 0 Å². The first-order valence-electron chi connectivity index (χ1n) is 6.32. The van der Waals surface area contributed by atoms with Gasteiger partial charge >= 0.3 is 0 Å². The van der Waals surface area contributed by atoms with Crippen LogP contribution >= 0.6 is 0 Å². The Balaban J connectivity index is 4.42. The topological polar surface area (TPSA) is 18.5 Å². The Hall–Kier alpha value is -0.340. The van der Waals surface area contributed by atoms with Crippen LogP contribution in [0, 0.1) is 0 Å². The SMILES string of the molecule is C=C(C)COC(C)(C)CC(C)(C)OC(C)(C)C. The van der Waals surface area contributed by atoms with Crippen molar-refractivity contribution in [3.8, 4) is 0 Å². The predicted octanol–water partition coefficient (Wildman–Crippen LogP) is 4.34. The van der Waals surface area contributed by atoms with Gasteiger partial charge in [0.1, 0.15) is 0 Å². The third kappa shape index (κ3) is 9.37. The normalized spacial score (nSPS) is 13.9. The summed E-state index contributed by atoms with van der Waals surface area (Å²) in [4.78, 5) is 0. The van der Waals surface area contributed by atoms with Crippen LogP contribution in [0.4, 0.5) is 0 Å². The van der Waals surface area contributed by atoms with Crippen LogP contribution in [0.25, 0.3) is 0 Å². The minimum Gasteiger partial charge on any atom is -0.371 e. The van der Waals surface area contributed by atoms with Gasteiger partial charge in [0.2, 0.25) is 0 Å². The first-order valence-corrected chi connectivity index (χ1v) is 6.32. The summed E-state index contributed by atoms with van der Waals surface area (Å²) in [5.74, 6) is 0. The van der Waals surface area contributed by atoms with Crippen molar-refractivity contribution in [2.45, 2.75) is 78.6 Å². The molecular weight excluding hydrogens is 212 g/mol.